The molecule has 0 saturated heterocycles. The number of nitrogens with zero attached hydrogens (tertiary/aromatic N) is 4. The normalized spacial score (nSPS) is 14.9. The number of ether oxygens (including phenoxy) is 2. The summed E-state index contributed by atoms with van der Waals surface area (Å²) < 4.78 is 76.1. The van der Waals surface area contributed by atoms with Crippen molar-refractivity contribution in [1.29, 1.82) is 0 Å². The molecule has 0 spiro atoms. The second kappa shape index (κ2) is 12.1. The van der Waals surface area contributed by atoms with Gasteiger partial charge in [-0.15, -0.1) is 0 Å². The molecule has 2 heterocycles. The van der Waals surface area contributed by atoms with Gasteiger partial charge in [0.25, 0.3) is 5.91 Å². The van der Waals surface area contributed by atoms with Gasteiger partial charge in [-0.3, -0.25) is 4.79 Å². The molecule has 0 fully saturated rings. The van der Waals surface area contributed by atoms with Crippen molar-refractivity contribution < 1.29 is 41.0 Å². The molecule has 2 aromatic heterocycles. The Morgan fingerprint density at radius 1 is 1.02 bits per heavy atom. The van der Waals surface area contributed by atoms with Crippen molar-refractivity contribution in [2.24, 2.45) is 0 Å². The van der Waals surface area contributed by atoms with E-state index in [1.165, 1.54) is 55.6 Å². The van der Waals surface area contributed by atoms with Crippen LogP contribution in [0.1, 0.15) is 83.3 Å². The third-order valence-corrected chi connectivity index (χ3v) is 7.82. The van der Waals surface area contributed by atoms with Crippen LogP contribution in [0.15, 0.2) is 65.1 Å². The number of amides is 1. The van der Waals surface area contributed by atoms with E-state index < -0.39 is 41.3 Å². The largest absolute Gasteiger partial charge is 0.484 e. The highest BCUT2D eigenvalue weighted by atomic mass is 19.4. The highest BCUT2D eigenvalue weighted by Crippen LogP contribution is 2.42. The molecule has 0 bridgehead atoms. The molecule has 1 atom stereocenters. The summed E-state index contributed by atoms with van der Waals surface area (Å²) >= 11 is 0. The Hall–Kier alpha value is -5.20. The molecule has 250 valence electrons. The average Bonchev–Trinajstić information content (AvgIpc) is 3.60. The van der Waals surface area contributed by atoms with E-state index in [-0.39, 0.29) is 34.6 Å². The fourth-order valence-electron chi connectivity index (χ4n) is 5.74. The van der Waals surface area contributed by atoms with Crippen LogP contribution < -0.4 is 9.64 Å². The zero-order valence-electron chi connectivity index (χ0n) is 26.8. The number of esters is 1. The first-order chi connectivity index (χ1) is 22.6. The fourth-order valence-corrected chi connectivity index (χ4v) is 5.74. The van der Waals surface area contributed by atoms with Crippen molar-refractivity contribution in [3.63, 3.8) is 0 Å². The van der Waals surface area contributed by atoms with E-state index in [4.69, 9.17) is 13.9 Å². The number of hydrogen-bond acceptors (Lipinski definition) is 7. The lowest BCUT2D eigenvalue weighted by atomic mass is 9.92. The minimum atomic E-state index is -4.74. The Bertz CT molecular complexity index is 2030. The summed E-state index contributed by atoms with van der Waals surface area (Å²) in [5, 5.41) is 4.00. The first-order valence-corrected chi connectivity index (χ1v) is 15.2. The van der Waals surface area contributed by atoms with Gasteiger partial charge in [-0.1, -0.05) is 6.07 Å². The summed E-state index contributed by atoms with van der Waals surface area (Å²) in [7, 11) is 1.39. The Labute approximate surface area is 273 Å². The first-order valence-electron chi connectivity index (χ1n) is 15.2. The molecular weight excluding hydrogens is 632 g/mol. The van der Waals surface area contributed by atoms with Crippen molar-refractivity contribution in [3.05, 3.63) is 100 Å². The lowest BCUT2D eigenvalue weighted by Gasteiger charge is -2.26. The van der Waals surface area contributed by atoms with Gasteiger partial charge in [0.15, 0.2) is 17.2 Å². The molecule has 13 heteroatoms. The van der Waals surface area contributed by atoms with Crippen molar-refractivity contribution in [2.45, 2.75) is 64.8 Å². The van der Waals surface area contributed by atoms with Crippen molar-refractivity contribution >= 4 is 28.7 Å². The standard InChI is InChI=1S/C35H32F4N4O5/c1-19-40-26-17-25(36)27(18-29(26)46-19)42(5)32(44)21-8-6-9-22(16-21)43-30-24(31(41-43)35(37,38)39)10-7-11-28(30)47-23-14-12-20(13-15-23)33(45)48-34(2,3)4/h6,8-9,12-18,28H,7,10-11H2,1-5H3. The van der Waals surface area contributed by atoms with Gasteiger partial charge in [0.1, 0.15) is 28.8 Å². The number of fused-ring (bicyclic) bond motifs is 2. The van der Waals surface area contributed by atoms with Crippen LogP contribution in [-0.4, -0.2) is 39.3 Å². The van der Waals surface area contributed by atoms with Crippen LogP contribution in [0, 0.1) is 12.7 Å². The molecule has 0 radical (unpaired) electrons. The molecule has 0 saturated carbocycles. The second-order valence-corrected chi connectivity index (χ2v) is 12.6. The van der Waals surface area contributed by atoms with Gasteiger partial charge in [-0.05, 0) is 82.5 Å². The predicted molar refractivity (Wildman–Crippen MR) is 168 cm³/mol. The number of carbonyl (C=O) groups is 2. The number of carbonyl (C=O) groups excluding carboxylic acids is 2. The van der Waals surface area contributed by atoms with E-state index in [0.29, 0.717) is 41.1 Å². The SMILES string of the molecule is Cc1nc2cc(F)c(N(C)C(=O)c3cccc(-n4nc(C(F)(F)F)c5c4C(Oc4ccc(C(=O)OC(C)(C)C)cc4)CCC5)c3)cc2o1. The molecule has 1 aliphatic rings. The van der Waals surface area contributed by atoms with E-state index in [1.54, 1.807) is 39.8 Å². The summed E-state index contributed by atoms with van der Waals surface area (Å²) in [6.45, 7) is 6.88. The Kier molecular flexibility index (Phi) is 8.26. The predicted octanol–water partition coefficient (Wildman–Crippen LogP) is 8.17. The molecule has 9 nitrogen and oxygen atoms in total. The summed E-state index contributed by atoms with van der Waals surface area (Å²) in [6.07, 6.45) is -4.61. The minimum Gasteiger partial charge on any atom is -0.484 e. The van der Waals surface area contributed by atoms with Gasteiger partial charge in [0, 0.05) is 37.2 Å². The molecule has 1 amide bonds. The van der Waals surface area contributed by atoms with Crippen LogP contribution in [-0.2, 0) is 17.3 Å². The van der Waals surface area contributed by atoms with Crippen molar-refractivity contribution in [3.8, 4) is 11.4 Å². The summed E-state index contributed by atoms with van der Waals surface area (Å²) in [6, 6.07) is 14.7. The molecule has 5 aromatic rings. The van der Waals surface area contributed by atoms with Crippen LogP contribution in [0.25, 0.3) is 16.8 Å². The van der Waals surface area contributed by atoms with Crippen LogP contribution in [0.2, 0.25) is 0 Å². The molecule has 6 rings (SSSR count). The zero-order valence-corrected chi connectivity index (χ0v) is 26.8. The first kappa shape index (κ1) is 32.7. The summed E-state index contributed by atoms with van der Waals surface area (Å²) in [5.41, 5.74) is -0.372. The zero-order chi connectivity index (χ0) is 34.5. The van der Waals surface area contributed by atoms with Gasteiger partial charge in [0.05, 0.1) is 22.6 Å². The van der Waals surface area contributed by atoms with Gasteiger partial charge in [0.2, 0.25) is 0 Å². The summed E-state index contributed by atoms with van der Waals surface area (Å²) in [4.78, 5) is 31.2. The quantitative estimate of drug-likeness (QED) is 0.133. The maximum atomic E-state index is 15.0. The fraction of sp³-hybridized carbons (Fsp3) is 0.314. The number of alkyl halides is 3. The van der Waals surface area contributed by atoms with Gasteiger partial charge >= 0.3 is 12.1 Å². The highest BCUT2D eigenvalue weighted by molar-refractivity contribution is 6.06. The lowest BCUT2D eigenvalue weighted by molar-refractivity contribution is -0.142. The van der Waals surface area contributed by atoms with E-state index in [1.807, 2.05) is 0 Å². The van der Waals surface area contributed by atoms with Gasteiger partial charge < -0.3 is 18.8 Å². The number of halogens is 4. The Balaban J connectivity index is 1.33. The van der Waals surface area contributed by atoms with Crippen LogP contribution in [0.5, 0.6) is 5.75 Å². The number of rotatable bonds is 6. The number of hydrogen-bond donors (Lipinski definition) is 0. The van der Waals surface area contributed by atoms with E-state index in [9.17, 15) is 22.8 Å². The smallest absolute Gasteiger partial charge is 0.435 e. The van der Waals surface area contributed by atoms with Crippen LogP contribution in [0.3, 0.4) is 0 Å². The molecular formula is C35H32F4N4O5. The summed E-state index contributed by atoms with van der Waals surface area (Å²) in [5.74, 6) is -1.14. The van der Waals surface area contributed by atoms with Crippen molar-refractivity contribution in [2.75, 3.05) is 11.9 Å². The van der Waals surface area contributed by atoms with E-state index in [2.05, 4.69) is 10.1 Å². The van der Waals surface area contributed by atoms with Crippen LogP contribution in [0.4, 0.5) is 23.2 Å². The highest BCUT2D eigenvalue weighted by Gasteiger charge is 2.42. The molecule has 0 aliphatic heterocycles. The Morgan fingerprint density at radius 2 is 1.75 bits per heavy atom. The third-order valence-electron chi connectivity index (χ3n) is 7.82. The number of aromatic nitrogens is 3. The molecule has 48 heavy (non-hydrogen) atoms. The third kappa shape index (κ3) is 6.49. The number of oxazole rings is 1. The topological polar surface area (TPSA) is 99.7 Å². The number of anilines is 1. The maximum Gasteiger partial charge on any atom is 0.435 e. The Morgan fingerprint density at radius 3 is 2.44 bits per heavy atom. The maximum absolute atomic E-state index is 15.0. The molecule has 1 unspecified atom stereocenters. The van der Waals surface area contributed by atoms with Crippen LogP contribution >= 0.6 is 0 Å². The number of aryl methyl sites for hydroxylation is 1. The van der Waals surface area contributed by atoms with Crippen molar-refractivity contribution in [1.82, 2.24) is 14.8 Å². The lowest BCUT2D eigenvalue weighted by Crippen LogP contribution is -2.27. The second-order valence-electron chi connectivity index (χ2n) is 12.6. The number of benzene rings is 3. The molecule has 3 aromatic carbocycles. The minimum absolute atomic E-state index is 0.00990. The average molecular weight is 665 g/mol. The van der Waals surface area contributed by atoms with Gasteiger partial charge in [-0.25, -0.2) is 18.9 Å². The molecule has 1 aliphatic carbocycles. The van der Waals surface area contributed by atoms with E-state index in [0.717, 1.165) is 9.58 Å². The monoisotopic (exact) mass is 664 g/mol. The van der Waals surface area contributed by atoms with Gasteiger partial charge in [-0.2, -0.15) is 18.3 Å². The molecule has 0 N–H and O–H groups in total. The van der Waals surface area contributed by atoms with E-state index >= 15 is 4.39 Å².